The van der Waals surface area contributed by atoms with E-state index in [4.69, 9.17) is 5.21 Å². The highest BCUT2D eigenvalue weighted by Crippen LogP contribution is 2.35. The molecule has 0 fully saturated rings. The molecule has 0 saturated heterocycles. The van der Waals surface area contributed by atoms with E-state index < -0.39 is 23.9 Å². The van der Waals surface area contributed by atoms with Crippen molar-refractivity contribution < 1.29 is 29.4 Å². The van der Waals surface area contributed by atoms with Gasteiger partial charge in [-0.1, -0.05) is 50.2 Å². The molecule has 4 N–H and O–H groups in total. The topological polar surface area (TPSA) is 115 Å². The molecule has 2 atom stereocenters. The molecule has 0 aliphatic rings. The van der Waals surface area contributed by atoms with E-state index in [2.05, 4.69) is 19.9 Å². The van der Waals surface area contributed by atoms with Gasteiger partial charge in [0, 0.05) is 24.6 Å². The number of halogens is 1. The van der Waals surface area contributed by atoms with Crippen LogP contribution in [-0.2, 0) is 11.3 Å². The molecule has 0 saturated carbocycles. The summed E-state index contributed by atoms with van der Waals surface area (Å²) in [7, 11) is 0. The molecule has 0 radical (unpaired) electrons. The smallest absolute Gasteiger partial charge is 0.264 e. The number of amides is 2. The minimum Gasteiger partial charge on any atom is -0.393 e. The largest absolute Gasteiger partial charge is 0.393 e. The second-order valence-corrected chi connectivity index (χ2v) is 10.7. The Bertz CT molecular complexity index is 1490. The predicted octanol–water partition coefficient (Wildman–Crippen LogP) is 5.79. The predicted molar refractivity (Wildman–Crippen MR) is 159 cm³/mol. The number of nitrogens with one attached hydrogen (secondary N) is 1. The lowest BCUT2D eigenvalue weighted by molar-refractivity contribution is -0.131. The molecule has 9 heteroatoms. The Kier molecular flexibility index (Phi) is 10.2. The van der Waals surface area contributed by atoms with Crippen LogP contribution in [0.1, 0.15) is 54.9 Å². The number of hydrogen-bond acceptors (Lipinski definition) is 5. The van der Waals surface area contributed by atoms with E-state index in [1.54, 1.807) is 40.1 Å². The van der Waals surface area contributed by atoms with Crippen LogP contribution < -0.4 is 10.4 Å². The maximum Gasteiger partial charge on any atom is 0.264 e. The van der Waals surface area contributed by atoms with Crippen molar-refractivity contribution in [2.24, 2.45) is 0 Å². The number of aliphatic hydroxyl groups is 2. The van der Waals surface area contributed by atoms with Crippen molar-refractivity contribution >= 4 is 23.2 Å². The first-order valence-electron chi connectivity index (χ1n) is 13.9. The third-order valence-electron chi connectivity index (χ3n) is 7.07. The number of aromatic nitrogens is 1. The van der Waals surface area contributed by atoms with Gasteiger partial charge in [0.2, 0.25) is 5.91 Å². The fraction of sp³-hybridized carbons (Fsp3) is 0.273. The molecule has 3 aromatic carbocycles. The van der Waals surface area contributed by atoms with Crippen molar-refractivity contribution in [3.8, 4) is 11.1 Å². The molecule has 4 aromatic rings. The zero-order valence-electron chi connectivity index (χ0n) is 23.7. The fourth-order valence-electron chi connectivity index (χ4n) is 4.78. The van der Waals surface area contributed by atoms with E-state index in [-0.39, 0.29) is 31.1 Å². The summed E-state index contributed by atoms with van der Waals surface area (Å²) in [6.45, 7) is 4.55. The zero-order chi connectivity index (χ0) is 30.2. The van der Waals surface area contributed by atoms with Crippen molar-refractivity contribution in [3.63, 3.8) is 0 Å². The Hall–Kier alpha value is -4.31. The van der Waals surface area contributed by atoms with Crippen LogP contribution >= 0.6 is 0 Å². The van der Waals surface area contributed by atoms with Crippen LogP contribution in [0.2, 0.25) is 0 Å². The van der Waals surface area contributed by atoms with E-state index in [1.807, 2.05) is 42.5 Å². The van der Waals surface area contributed by atoms with Crippen molar-refractivity contribution in [1.82, 2.24) is 10.0 Å². The second-order valence-electron chi connectivity index (χ2n) is 10.7. The van der Waals surface area contributed by atoms with Gasteiger partial charge in [0.05, 0.1) is 29.9 Å². The average Bonchev–Trinajstić information content (AvgIpc) is 3.46. The van der Waals surface area contributed by atoms with Crippen molar-refractivity contribution in [2.75, 3.05) is 4.90 Å². The Morgan fingerprint density at radius 2 is 1.62 bits per heavy atom. The summed E-state index contributed by atoms with van der Waals surface area (Å²) in [6.07, 6.45) is 1.36. The van der Waals surface area contributed by atoms with Gasteiger partial charge in [0.25, 0.3) is 5.91 Å². The molecule has 0 aliphatic carbocycles. The van der Waals surface area contributed by atoms with Gasteiger partial charge in [-0.25, -0.2) is 9.87 Å². The van der Waals surface area contributed by atoms with Gasteiger partial charge in [-0.15, -0.1) is 0 Å². The molecule has 42 heavy (non-hydrogen) atoms. The quantitative estimate of drug-likeness (QED) is 0.126. The fourth-order valence-corrected chi connectivity index (χ4v) is 4.78. The highest BCUT2D eigenvalue weighted by molar-refractivity contribution is 6.11. The van der Waals surface area contributed by atoms with Gasteiger partial charge >= 0.3 is 0 Å². The summed E-state index contributed by atoms with van der Waals surface area (Å²) in [6, 6.07) is 23.5. The first kappa shape index (κ1) is 30.6. The summed E-state index contributed by atoms with van der Waals surface area (Å²) in [5.74, 6) is -1.24. The molecule has 1 aromatic heterocycles. The first-order chi connectivity index (χ1) is 20.1. The normalized spacial score (nSPS) is 12.6. The van der Waals surface area contributed by atoms with Crippen LogP contribution in [0.15, 0.2) is 91.3 Å². The number of aryl methyl sites for hydroxylation is 1. The van der Waals surface area contributed by atoms with E-state index in [1.165, 1.54) is 17.6 Å². The zero-order valence-corrected chi connectivity index (χ0v) is 23.7. The number of carbonyl (C=O) groups is 2. The number of hydrogen-bond donors (Lipinski definition) is 4. The number of aliphatic hydroxyl groups excluding tert-OH is 2. The summed E-state index contributed by atoms with van der Waals surface area (Å²) >= 11 is 0. The molecule has 4 rings (SSSR count). The molecule has 8 nitrogen and oxygen atoms in total. The lowest BCUT2D eigenvalue weighted by Gasteiger charge is -2.25. The summed E-state index contributed by atoms with van der Waals surface area (Å²) in [4.78, 5) is 26.9. The molecule has 0 unspecified atom stereocenters. The highest BCUT2D eigenvalue weighted by atomic mass is 19.1. The van der Waals surface area contributed by atoms with E-state index >= 15 is 0 Å². The Balaban J connectivity index is 1.61. The molecule has 1 heterocycles. The lowest BCUT2D eigenvalue weighted by atomic mass is 9.95. The summed E-state index contributed by atoms with van der Waals surface area (Å²) in [5, 5.41) is 28.8. The van der Waals surface area contributed by atoms with Crippen molar-refractivity contribution in [3.05, 3.63) is 108 Å². The monoisotopic (exact) mass is 573 g/mol. The van der Waals surface area contributed by atoms with Crippen LogP contribution in [0, 0.1) is 5.82 Å². The first-order valence-corrected chi connectivity index (χ1v) is 13.9. The van der Waals surface area contributed by atoms with Crippen molar-refractivity contribution in [2.45, 2.75) is 57.8 Å². The lowest BCUT2D eigenvalue weighted by Crippen LogP contribution is -2.27. The molecule has 220 valence electrons. The minimum atomic E-state index is -1.10. The number of benzene rings is 3. The van der Waals surface area contributed by atoms with Crippen molar-refractivity contribution in [1.29, 1.82) is 0 Å². The van der Waals surface area contributed by atoms with Gasteiger partial charge in [-0.05, 0) is 77.9 Å². The molecule has 0 spiro atoms. The maximum absolute atomic E-state index is 14.1. The molecule has 0 aliphatic heterocycles. The summed E-state index contributed by atoms with van der Waals surface area (Å²) in [5.41, 5.74) is 6.06. The van der Waals surface area contributed by atoms with E-state index in [0.717, 1.165) is 16.7 Å². The SMILES string of the molecule is CC(C)c1cc(-c2ccccc2)cc(N(C(=O)c2ccn(CC[C@@H](O)C[C@@H](O)CC(=O)NO)c2)c2ccc(F)cc2)c1. The third-order valence-corrected chi connectivity index (χ3v) is 7.07. The van der Waals surface area contributed by atoms with E-state index in [0.29, 0.717) is 23.5 Å². The number of anilines is 2. The second kappa shape index (κ2) is 14.0. The minimum absolute atomic E-state index is 0.0330. The van der Waals surface area contributed by atoms with Crippen LogP contribution in [0.5, 0.6) is 0 Å². The van der Waals surface area contributed by atoms with E-state index in [9.17, 15) is 24.2 Å². The Morgan fingerprint density at radius 3 is 2.29 bits per heavy atom. The van der Waals surface area contributed by atoms with Crippen LogP contribution in [0.3, 0.4) is 0 Å². The van der Waals surface area contributed by atoms with Gasteiger partial charge in [0.1, 0.15) is 5.82 Å². The standard InChI is InChI=1S/C33H36FN3O5/c1-22(2)25-16-26(23-6-4-3-5-7-23)18-29(17-25)37(28-10-8-27(34)9-11-28)33(41)24-12-14-36(21-24)15-13-30(38)19-31(39)20-32(40)35-42/h3-12,14,16-18,21-22,30-31,38-39,42H,13,15,19-20H2,1-2H3,(H,35,40)/t30-,31-/m1/s1. The number of rotatable bonds is 12. The molecular weight excluding hydrogens is 537 g/mol. The molecular formula is C33H36FN3O5. The Morgan fingerprint density at radius 1 is 0.905 bits per heavy atom. The van der Waals surface area contributed by atoms with Gasteiger partial charge in [0.15, 0.2) is 0 Å². The van der Waals surface area contributed by atoms with Gasteiger partial charge < -0.3 is 14.8 Å². The maximum atomic E-state index is 14.1. The Labute approximate surface area is 244 Å². The number of hydroxylamine groups is 1. The number of nitrogens with zero attached hydrogens (tertiary/aromatic N) is 2. The van der Waals surface area contributed by atoms with Crippen LogP contribution in [-0.4, -0.2) is 44.0 Å². The van der Waals surface area contributed by atoms with Crippen LogP contribution in [0.25, 0.3) is 11.1 Å². The van der Waals surface area contributed by atoms with Crippen LogP contribution in [0.4, 0.5) is 15.8 Å². The number of carbonyl (C=O) groups excluding carboxylic acids is 2. The summed E-state index contributed by atoms with van der Waals surface area (Å²) < 4.78 is 15.6. The average molecular weight is 574 g/mol. The molecule has 2 amide bonds. The van der Waals surface area contributed by atoms with Gasteiger partial charge in [-0.2, -0.15) is 0 Å². The molecule has 0 bridgehead atoms. The van der Waals surface area contributed by atoms with Gasteiger partial charge in [-0.3, -0.25) is 19.7 Å². The highest BCUT2D eigenvalue weighted by Gasteiger charge is 2.23. The third kappa shape index (κ3) is 7.91.